The third kappa shape index (κ3) is 2.51. The number of carbonyl (C=O) groups excluding carboxylic acids is 1. The van der Waals surface area contributed by atoms with Gasteiger partial charge in [-0.15, -0.1) is 0 Å². The summed E-state index contributed by atoms with van der Waals surface area (Å²) in [4.78, 5) is 27.0. The van der Waals surface area contributed by atoms with Crippen LogP contribution in [0.3, 0.4) is 0 Å². The molecule has 8 heteroatoms. The first-order valence-electron chi connectivity index (χ1n) is 7.40. The molecule has 1 atom stereocenters. The monoisotopic (exact) mass is 340 g/mol. The number of nitrogens with zero attached hydrogens (tertiary/aromatic N) is 1. The zero-order valence-electron chi connectivity index (χ0n) is 12.8. The van der Waals surface area contributed by atoms with Crippen molar-refractivity contribution in [3.05, 3.63) is 35.3 Å². The molecule has 5 nitrogen and oxygen atoms in total. The van der Waals surface area contributed by atoms with Crippen molar-refractivity contribution in [1.29, 1.82) is 0 Å². The summed E-state index contributed by atoms with van der Waals surface area (Å²) in [5.41, 5.74) is 1.06. The minimum atomic E-state index is -3.88. The first-order chi connectivity index (χ1) is 11.2. The molecule has 0 bridgehead atoms. The molecule has 1 aromatic heterocycles. The Kier molecular flexibility index (Phi) is 3.77. The van der Waals surface area contributed by atoms with Crippen molar-refractivity contribution in [2.45, 2.75) is 19.3 Å². The van der Waals surface area contributed by atoms with Crippen molar-refractivity contribution in [2.75, 3.05) is 13.1 Å². The normalized spacial score (nSPS) is 18.3. The van der Waals surface area contributed by atoms with E-state index >= 15 is 0 Å². The van der Waals surface area contributed by atoms with E-state index in [-0.39, 0.29) is 30.7 Å². The van der Waals surface area contributed by atoms with Crippen LogP contribution < -0.4 is 0 Å². The minimum absolute atomic E-state index is 0.0310. The number of likely N-dealkylation sites (tertiary alicyclic amines) is 1. The van der Waals surface area contributed by atoms with Gasteiger partial charge in [0.2, 0.25) is 0 Å². The number of aryl methyl sites for hydroxylation is 1. The second kappa shape index (κ2) is 5.54. The number of aliphatic carboxylic acids is 1. The van der Waals surface area contributed by atoms with Crippen molar-refractivity contribution >= 4 is 22.8 Å². The van der Waals surface area contributed by atoms with Gasteiger partial charge in [-0.2, -0.15) is 8.78 Å². The van der Waals surface area contributed by atoms with Crippen LogP contribution in [0, 0.1) is 18.7 Å². The number of aromatic nitrogens is 1. The third-order valence-electron chi connectivity index (χ3n) is 4.46. The van der Waals surface area contributed by atoms with Gasteiger partial charge in [0.05, 0.1) is 11.4 Å². The fourth-order valence-electron chi connectivity index (χ4n) is 3.03. The van der Waals surface area contributed by atoms with Crippen LogP contribution >= 0.6 is 0 Å². The van der Waals surface area contributed by atoms with Crippen molar-refractivity contribution in [3.8, 4) is 0 Å². The maximum Gasteiger partial charge on any atom is 0.374 e. The zero-order chi connectivity index (χ0) is 17.6. The van der Waals surface area contributed by atoms with Crippen LogP contribution in [-0.2, 0) is 4.79 Å². The number of fused-ring (bicyclic) bond motifs is 1. The lowest BCUT2D eigenvalue weighted by atomic mass is 10.0. The number of alkyl halides is 2. The summed E-state index contributed by atoms with van der Waals surface area (Å²) in [6.45, 7) is 1.45. The van der Waals surface area contributed by atoms with Gasteiger partial charge in [-0.3, -0.25) is 4.79 Å². The van der Waals surface area contributed by atoms with Gasteiger partial charge in [-0.1, -0.05) is 6.07 Å². The predicted molar refractivity (Wildman–Crippen MR) is 79.6 cm³/mol. The third-order valence-corrected chi connectivity index (χ3v) is 4.46. The van der Waals surface area contributed by atoms with Crippen LogP contribution in [0.1, 0.15) is 22.5 Å². The quantitative estimate of drug-likeness (QED) is 0.902. The molecule has 24 heavy (non-hydrogen) atoms. The van der Waals surface area contributed by atoms with Crippen LogP contribution in [0.2, 0.25) is 0 Å². The number of carboxylic acid groups (broad SMARTS) is 1. The van der Waals surface area contributed by atoms with Crippen LogP contribution in [-0.4, -0.2) is 45.9 Å². The van der Waals surface area contributed by atoms with Crippen LogP contribution in [0.15, 0.2) is 18.2 Å². The van der Waals surface area contributed by atoms with Crippen molar-refractivity contribution in [3.63, 3.8) is 0 Å². The van der Waals surface area contributed by atoms with E-state index in [1.54, 1.807) is 13.0 Å². The maximum absolute atomic E-state index is 13.8. The Morgan fingerprint density at radius 2 is 2.08 bits per heavy atom. The lowest BCUT2D eigenvalue weighted by molar-refractivity contribution is -0.172. The number of rotatable bonds is 3. The number of carboxylic acids is 1. The molecule has 2 N–H and O–H groups in total. The summed E-state index contributed by atoms with van der Waals surface area (Å²) in [5, 5.41) is 9.14. The van der Waals surface area contributed by atoms with E-state index in [1.807, 2.05) is 0 Å². The highest BCUT2D eigenvalue weighted by Gasteiger charge is 2.50. The summed E-state index contributed by atoms with van der Waals surface area (Å²) >= 11 is 0. The molecule has 1 saturated heterocycles. The highest BCUT2D eigenvalue weighted by Crippen LogP contribution is 2.33. The molecule has 1 aromatic carbocycles. The number of carbonyl (C=O) groups is 2. The van der Waals surface area contributed by atoms with Crippen molar-refractivity contribution < 1.29 is 27.9 Å². The molecule has 2 heterocycles. The lowest BCUT2D eigenvalue weighted by Crippen LogP contribution is -2.39. The van der Waals surface area contributed by atoms with Gasteiger partial charge in [-0.25, -0.2) is 9.18 Å². The molecule has 1 aliphatic rings. The number of H-pyrrole nitrogens is 1. The summed E-state index contributed by atoms with van der Waals surface area (Å²) in [6, 6.07) is 4.35. The summed E-state index contributed by atoms with van der Waals surface area (Å²) < 4.78 is 40.9. The average molecular weight is 340 g/mol. The molecule has 0 radical (unpaired) electrons. The minimum Gasteiger partial charge on any atom is -0.477 e. The molecular formula is C16H15F3N2O3. The van der Waals surface area contributed by atoms with E-state index in [1.165, 1.54) is 17.0 Å². The standard InChI is InChI=1S/C16H15F3N2O3/c1-8-2-3-11(17)13-10(8)6-12(20-13)14(22)21-5-4-9(7-21)16(18,19)15(23)24/h2-3,6,9,20H,4-5,7H2,1H3,(H,23,24). The van der Waals surface area contributed by atoms with Gasteiger partial charge in [0.1, 0.15) is 11.5 Å². The molecule has 0 aliphatic carbocycles. The van der Waals surface area contributed by atoms with Gasteiger partial charge < -0.3 is 15.0 Å². The SMILES string of the molecule is Cc1ccc(F)c2[nH]c(C(=O)N3CCC(C(F)(F)C(=O)O)C3)cc12. The molecule has 3 rings (SSSR count). The Labute approximate surface area is 135 Å². The second-order valence-corrected chi connectivity index (χ2v) is 6.00. The van der Waals surface area contributed by atoms with E-state index < -0.39 is 29.5 Å². The van der Waals surface area contributed by atoms with Crippen LogP contribution in [0.4, 0.5) is 13.2 Å². The van der Waals surface area contributed by atoms with Crippen LogP contribution in [0.5, 0.6) is 0 Å². The fraction of sp³-hybridized carbons (Fsp3) is 0.375. The predicted octanol–water partition coefficient (Wildman–Crippen LogP) is 2.80. The highest BCUT2D eigenvalue weighted by atomic mass is 19.3. The molecule has 1 fully saturated rings. The Balaban J connectivity index is 1.85. The molecule has 128 valence electrons. The van der Waals surface area contributed by atoms with Gasteiger partial charge in [0.15, 0.2) is 0 Å². The van der Waals surface area contributed by atoms with Crippen molar-refractivity contribution in [1.82, 2.24) is 9.88 Å². The molecule has 1 unspecified atom stereocenters. The Hall–Kier alpha value is -2.51. The number of amides is 1. The second-order valence-electron chi connectivity index (χ2n) is 6.00. The Bertz CT molecular complexity index is 792. The van der Waals surface area contributed by atoms with E-state index in [4.69, 9.17) is 5.11 Å². The smallest absolute Gasteiger partial charge is 0.374 e. The Morgan fingerprint density at radius 1 is 1.38 bits per heavy atom. The number of hydrogen-bond donors (Lipinski definition) is 2. The van der Waals surface area contributed by atoms with E-state index in [9.17, 15) is 22.8 Å². The number of hydrogen-bond acceptors (Lipinski definition) is 2. The largest absolute Gasteiger partial charge is 0.477 e. The molecule has 1 amide bonds. The van der Waals surface area contributed by atoms with E-state index in [0.29, 0.717) is 5.39 Å². The van der Waals surface area contributed by atoms with Gasteiger partial charge >= 0.3 is 11.9 Å². The Morgan fingerprint density at radius 3 is 2.71 bits per heavy atom. The molecule has 1 aliphatic heterocycles. The van der Waals surface area contributed by atoms with Gasteiger partial charge in [0.25, 0.3) is 5.91 Å². The highest BCUT2D eigenvalue weighted by molar-refractivity contribution is 5.99. The number of aromatic amines is 1. The average Bonchev–Trinajstić information content (AvgIpc) is 3.17. The molecule has 0 spiro atoms. The number of benzene rings is 1. The van der Waals surface area contributed by atoms with E-state index in [0.717, 1.165) is 5.56 Å². The number of halogens is 3. The van der Waals surface area contributed by atoms with E-state index in [2.05, 4.69) is 4.98 Å². The molecule has 0 saturated carbocycles. The summed E-state index contributed by atoms with van der Waals surface area (Å²) in [7, 11) is 0. The van der Waals surface area contributed by atoms with Gasteiger partial charge in [0, 0.05) is 18.5 Å². The van der Waals surface area contributed by atoms with Gasteiger partial charge in [-0.05, 0) is 31.0 Å². The fourth-order valence-corrected chi connectivity index (χ4v) is 3.03. The first-order valence-corrected chi connectivity index (χ1v) is 7.40. The van der Waals surface area contributed by atoms with Crippen LogP contribution in [0.25, 0.3) is 10.9 Å². The molecular weight excluding hydrogens is 325 g/mol. The zero-order valence-corrected chi connectivity index (χ0v) is 12.8. The van der Waals surface area contributed by atoms with Crippen molar-refractivity contribution in [2.24, 2.45) is 5.92 Å². The number of nitrogens with one attached hydrogen (secondary N) is 1. The molecule has 2 aromatic rings. The first kappa shape index (κ1) is 16.4. The summed E-state index contributed by atoms with van der Waals surface area (Å²) in [5.74, 6) is -8.55. The summed E-state index contributed by atoms with van der Waals surface area (Å²) in [6.07, 6.45) is -0.0986. The maximum atomic E-state index is 13.8. The topological polar surface area (TPSA) is 73.4 Å². The lowest BCUT2D eigenvalue weighted by Gasteiger charge is -2.19.